The summed E-state index contributed by atoms with van der Waals surface area (Å²) in [7, 11) is 0. The largest absolute Gasteiger partial charge is 0.0864 e. The van der Waals surface area contributed by atoms with Crippen LogP contribution in [0.2, 0.25) is 0 Å². The molecule has 0 unspecified atom stereocenters. The van der Waals surface area contributed by atoms with Gasteiger partial charge in [0.1, 0.15) is 0 Å². The van der Waals surface area contributed by atoms with Gasteiger partial charge in [-0.2, -0.15) is 0 Å². The van der Waals surface area contributed by atoms with Crippen molar-refractivity contribution >= 4 is 23.5 Å². The Bertz CT molecular complexity index is 233. The van der Waals surface area contributed by atoms with Gasteiger partial charge < -0.3 is 0 Å². The first-order valence-electron chi connectivity index (χ1n) is 5.56. The van der Waals surface area contributed by atoms with Crippen LogP contribution in [0.15, 0.2) is 19.6 Å². The molecule has 0 radical (unpaired) electrons. The Morgan fingerprint density at radius 3 is 1.57 bits per heavy atom. The highest BCUT2D eigenvalue weighted by Gasteiger charge is 2.20. The first kappa shape index (κ1) is 12.3. The number of hydrogen-bond acceptors (Lipinski definition) is 2. The highest BCUT2D eigenvalue weighted by Crippen LogP contribution is 2.53. The zero-order valence-corrected chi connectivity index (χ0v) is 11.3. The van der Waals surface area contributed by atoms with Crippen molar-refractivity contribution in [1.82, 2.24) is 0 Å². The van der Waals surface area contributed by atoms with Crippen LogP contribution in [-0.4, -0.2) is 0 Å². The topological polar surface area (TPSA) is 0 Å². The van der Waals surface area contributed by atoms with E-state index in [2.05, 4.69) is 27.7 Å². The fourth-order valence-corrected chi connectivity index (χ4v) is 4.72. The number of rotatable bonds is 4. The lowest BCUT2D eigenvalue weighted by molar-refractivity contribution is 0.980. The molecule has 14 heavy (non-hydrogen) atoms. The van der Waals surface area contributed by atoms with Gasteiger partial charge in [-0.15, -0.1) is 0 Å². The summed E-state index contributed by atoms with van der Waals surface area (Å²) in [5.74, 6) is 0. The van der Waals surface area contributed by atoms with Crippen LogP contribution in [0.1, 0.15) is 53.4 Å². The molecule has 0 aromatic rings. The highest BCUT2D eigenvalue weighted by atomic mass is 32.2. The minimum absolute atomic E-state index is 1.20. The van der Waals surface area contributed by atoms with Crippen LogP contribution in [0.4, 0.5) is 0 Å². The fraction of sp³-hybridized carbons (Fsp3) is 0.667. The normalized spacial score (nSPS) is 16.7. The summed E-state index contributed by atoms with van der Waals surface area (Å²) in [6, 6.07) is 0. The molecule has 0 fully saturated rings. The van der Waals surface area contributed by atoms with Crippen LogP contribution >= 0.6 is 23.5 Å². The van der Waals surface area contributed by atoms with Crippen molar-refractivity contribution in [3.05, 3.63) is 19.6 Å². The number of hydrogen-bond donors (Lipinski definition) is 0. The predicted molar refractivity (Wildman–Crippen MR) is 70.4 cm³/mol. The van der Waals surface area contributed by atoms with Gasteiger partial charge in [0.05, 0.1) is 0 Å². The van der Waals surface area contributed by atoms with E-state index in [4.69, 9.17) is 0 Å². The number of thioether (sulfide) groups is 2. The van der Waals surface area contributed by atoms with Gasteiger partial charge in [0.2, 0.25) is 0 Å². The van der Waals surface area contributed by atoms with Crippen molar-refractivity contribution in [3.63, 3.8) is 0 Å². The molecule has 0 saturated carbocycles. The van der Waals surface area contributed by atoms with E-state index in [-0.39, 0.29) is 0 Å². The van der Waals surface area contributed by atoms with E-state index in [0.717, 1.165) is 0 Å². The maximum Gasteiger partial charge on any atom is 0.0484 e. The second-order valence-corrected chi connectivity index (χ2v) is 5.82. The summed E-state index contributed by atoms with van der Waals surface area (Å²) in [6.45, 7) is 9.06. The lowest BCUT2D eigenvalue weighted by atomic mass is 10.2. The molecule has 0 atom stereocenters. The van der Waals surface area contributed by atoms with E-state index in [9.17, 15) is 0 Å². The molecule has 0 saturated heterocycles. The zero-order chi connectivity index (χ0) is 10.6. The first-order valence-corrected chi connectivity index (χ1v) is 7.19. The highest BCUT2D eigenvalue weighted by molar-refractivity contribution is 8.28. The van der Waals surface area contributed by atoms with Gasteiger partial charge in [0, 0.05) is 4.24 Å². The van der Waals surface area contributed by atoms with Crippen molar-refractivity contribution in [3.8, 4) is 0 Å². The van der Waals surface area contributed by atoms with E-state index in [1.165, 1.54) is 25.7 Å². The molecule has 1 aliphatic rings. The van der Waals surface area contributed by atoms with E-state index in [1.807, 2.05) is 23.5 Å². The van der Waals surface area contributed by atoms with Crippen molar-refractivity contribution in [2.45, 2.75) is 53.4 Å². The average molecular weight is 228 g/mol. The summed E-state index contributed by atoms with van der Waals surface area (Å²) in [6.07, 6.45) is 4.82. The van der Waals surface area contributed by atoms with Crippen LogP contribution in [0.5, 0.6) is 0 Å². The minimum atomic E-state index is 1.20. The molecule has 0 N–H and O–H groups in total. The monoisotopic (exact) mass is 228 g/mol. The predicted octanol–water partition coefficient (Wildman–Crippen LogP) is 5.53. The molecule has 0 bridgehead atoms. The third kappa shape index (κ3) is 2.60. The molecular formula is C12H20S2. The number of allylic oxidation sites excluding steroid dienone is 3. The van der Waals surface area contributed by atoms with Gasteiger partial charge in [0.15, 0.2) is 0 Å². The van der Waals surface area contributed by atoms with Gasteiger partial charge in [-0.25, -0.2) is 0 Å². The lowest BCUT2D eigenvalue weighted by Gasteiger charge is -2.04. The molecule has 80 valence electrons. The summed E-state index contributed by atoms with van der Waals surface area (Å²) < 4.78 is 1.57. The van der Waals surface area contributed by atoms with E-state index >= 15 is 0 Å². The molecule has 1 heterocycles. The van der Waals surface area contributed by atoms with Crippen molar-refractivity contribution < 1.29 is 0 Å². The maximum absolute atomic E-state index is 2.27. The van der Waals surface area contributed by atoms with Gasteiger partial charge in [-0.1, -0.05) is 56.8 Å². The van der Waals surface area contributed by atoms with Gasteiger partial charge in [-0.3, -0.25) is 0 Å². The molecule has 0 nitrogen and oxygen atoms in total. The Kier molecular flexibility index (Phi) is 5.18. The third-order valence-electron chi connectivity index (χ3n) is 2.53. The Balaban J connectivity index is 2.81. The van der Waals surface area contributed by atoms with Gasteiger partial charge >= 0.3 is 0 Å². The zero-order valence-electron chi connectivity index (χ0n) is 9.64. The molecule has 1 rings (SSSR count). The lowest BCUT2D eigenvalue weighted by Crippen LogP contribution is -1.79. The molecule has 0 amide bonds. The Labute approximate surface area is 96.6 Å². The molecule has 0 spiro atoms. The molecule has 0 aromatic carbocycles. The van der Waals surface area contributed by atoms with E-state index in [1.54, 1.807) is 19.6 Å². The summed E-state index contributed by atoms with van der Waals surface area (Å²) in [5.41, 5.74) is 1.63. The smallest absolute Gasteiger partial charge is 0.0484 e. The van der Waals surface area contributed by atoms with Gasteiger partial charge in [0.25, 0.3) is 0 Å². The SMILES string of the molecule is CCC(CC)=C1SC(CC)=C(CC)S1. The first-order chi connectivity index (χ1) is 6.76. The molecule has 0 aliphatic carbocycles. The Morgan fingerprint density at radius 2 is 1.29 bits per heavy atom. The van der Waals surface area contributed by atoms with Crippen LogP contribution in [0.3, 0.4) is 0 Å². The minimum Gasteiger partial charge on any atom is -0.0864 e. The van der Waals surface area contributed by atoms with Crippen molar-refractivity contribution in [2.24, 2.45) is 0 Å². The Hall–Kier alpha value is 0.180. The van der Waals surface area contributed by atoms with Crippen molar-refractivity contribution in [1.29, 1.82) is 0 Å². The fourth-order valence-electron chi connectivity index (χ4n) is 1.58. The average Bonchev–Trinajstić information content (AvgIpc) is 2.63. The maximum atomic E-state index is 2.27. The van der Waals surface area contributed by atoms with Crippen LogP contribution in [0, 0.1) is 0 Å². The van der Waals surface area contributed by atoms with E-state index < -0.39 is 0 Å². The quantitative estimate of drug-likeness (QED) is 0.620. The molecule has 2 heteroatoms. The molecule has 0 aromatic heterocycles. The molecule has 1 aliphatic heterocycles. The van der Waals surface area contributed by atoms with Gasteiger partial charge in [-0.05, 0) is 35.5 Å². The van der Waals surface area contributed by atoms with Crippen LogP contribution in [-0.2, 0) is 0 Å². The van der Waals surface area contributed by atoms with Crippen LogP contribution in [0.25, 0.3) is 0 Å². The van der Waals surface area contributed by atoms with Crippen LogP contribution < -0.4 is 0 Å². The summed E-state index contributed by atoms with van der Waals surface area (Å²) in [5, 5.41) is 0. The Morgan fingerprint density at radius 1 is 0.857 bits per heavy atom. The standard InChI is InChI=1S/C12H20S2/c1-5-9(6-2)12-13-10(7-3)11(8-4)14-12/h5-8H2,1-4H3. The summed E-state index contributed by atoms with van der Waals surface area (Å²) in [4.78, 5) is 3.21. The van der Waals surface area contributed by atoms with E-state index in [0.29, 0.717) is 0 Å². The summed E-state index contributed by atoms with van der Waals surface area (Å²) >= 11 is 4.05. The second kappa shape index (κ2) is 5.92. The second-order valence-electron chi connectivity index (χ2n) is 3.36. The van der Waals surface area contributed by atoms with Crippen molar-refractivity contribution in [2.75, 3.05) is 0 Å². The molecular weight excluding hydrogens is 208 g/mol. The third-order valence-corrected chi connectivity index (χ3v) is 5.67.